The summed E-state index contributed by atoms with van der Waals surface area (Å²) in [5.41, 5.74) is -1.18. The van der Waals surface area contributed by atoms with Crippen LogP contribution in [0.5, 0.6) is 0 Å². The average Bonchev–Trinajstić information content (AvgIpc) is 2.88. The van der Waals surface area contributed by atoms with Crippen LogP contribution in [0, 0.1) is 5.92 Å². The Morgan fingerprint density at radius 1 is 1.29 bits per heavy atom. The van der Waals surface area contributed by atoms with Crippen LogP contribution in [0.1, 0.15) is 18.4 Å². The van der Waals surface area contributed by atoms with Gasteiger partial charge in [-0.25, -0.2) is 0 Å². The van der Waals surface area contributed by atoms with Crippen LogP contribution in [0.25, 0.3) is 0 Å². The van der Waals surface area contributed by atoms with Gasteiger partial charge in [0.25, 0.3) is 0 Å². The first-order chi connectivity index (χ1) is 11.4. The van der Waals surface area contributed by atoms with Crippen molar-refractivity contribution in [1.29, 1.82) is 0 Å². The van der Waals surface area contributed by atoms with E-state index in [1.807, 2.05) is 30.3 Å². The highest BCUT2D eigenvalue weighted by atomic mass is 19.4. The van der Waals surface area contributed by atoms with Crippen molar-refractivity contribution in [2.75, 3.05) is 26.3 Å². The predicted octanol–water partition coefficient (Wildman–Crippen LogP) is 2.35. The second kappa shape index (κ2) is 6.72. The van der Waals surface area contributed by atoms with Crippen molar-refractivity contribution in [2.24, 2.45) is 5.92 Å². The number of nitrogens with one attached hydrogen (secondary N) is 1. The van der Waals surface area contributed by atoms with Crippen LogP contribution in [-0.4, -0.2) is 48.8 Å². The Morgan fingerprint density at radius 2 is 2.00 bits per heavy atom. The molecule has 2 heterocycles. The Balaban J connectivity index is 1.65. The van der Waals surface area contributed by atoms with Crippen LogP contribution < -0.4 is 5.32 Å². The van der Waals surface area contributed by atoms with Gasteiger partial charge in [-0.3, -0.25) is 9.69 Å². The van der Waals surface area contributed by atoms with Gasteiger partial charge in [-0.2, -0.15) is 13.2 Å². The lowest BCUT2D eigenvalue weighted by Crippen LogP contribution is -2.60. The molecule has 1 aromatic carbocycles. The largest absolute Gasteiger partial charge is 0.412 e. The minimum absolute atomic E-state index is 0.0390. The first-order valence-corrected chi connectivity index (χ1v) is 8.10. The predicted molar refractivity (Wildman–Crippen MR) is 82.2 cm³/mol. The number of carbonyl (C=O) groups is 1. The van der Waals surface area contributed by atoms with Gasteiger partial charge in [0.15, 0.2) is 0 Å². The number of halogens is 3. The van der Waals surface area contributed by atoms with Gasteiger partial charge >= 0.3 is 6.18 Å². The molecule has 24 heavy (non-hydrogen) atoms. The maximum absolute atomic E-state index is 13.7. The maximum Gasteiger partial charge on any atom is 0.412 e. The molecule has 0 radical (unpaired) electrons. The minimum atomic E-state index is -4.47. The molecule has 2 aliphatic heterocycles. The molecular formula is C17H21F3N2O2. The Kier molecular flexibility index (Phi) is 4.83. The summed E-state index contributed by atoms with van der Waals surface area (Å²) in [4.78, 5) is 13.8. The molecule has 1 aromatic rings. The normalized spacial score (nSPS) is 25.5. The van der Waals surface area contributed by atoms with E-state index in [0.29, 0.717) is 26.3 Å². The topological polar surface area (TPSA) is 41.6 Å². The quantitative estimate of drug-likeness (QED) is 0.893. The fourth-order valence-electron chi connectivity index (χ4n) is 3.25. The highest BCUT2D eigenvalue weighted by molar-refractivity contribution is 5.77. The summed E-state index contributed by atoms with van der Waals surface area (Å²) in [6, 6.07) is 9.39. The highest BCUT2D eigenvalue weighted by Gasteiger charge is 2.58. The zero-order valence-electron chi connectivity index (χ0n) is 13.3. The summed E-state index contributed by atoms with van der Waals surface area (Å²) >= 11 is 0. The van der Waals surface area contributed by atoms with Gasteiger partial charge in [-0.05, 0) is 12.0 Å². The molecule has 0 bridgehead atoms. The molecule has 0 aromatic heterocycles. The molecule has 1 atom stereocenters. The van der Waals surface area contributed by atoms with E-state index in [0.717, 1.165) is 5.56 Å². The number of amides is 1. The summed E-state index contributed by atoms with van der Waals surface area (Å²) in [6.07, 6.45) is -4.49. The molecule has 2 fully saturated rings. The van der Waals surface area contributed by atoms with Gasteiger partial charge in [-0.1, -0.05) is 30.3 Å². The van der Waals surface area contributed by atoms with Crippen LogP contribution >= 0.6 is 0 Å². The number of alkyl halides is 3. The van der Waals surface area contributed by atoms with E-state index in [1.54, 1.807) is 4.90 Å². The SMILES string of the molecule is O=C(CC1COC1)NC1(C(F)(F)F)CCN(Cc2ccccc2)C1. The summed E-state index contributed by atoms with van der Waals surface area (Å²) < 4.78 is 45.9. The summed E-state index contributed by atoms with van der Waals surface area (Å²) in [7, 11) is 0. The molecule has 0 spiro atoms. The molecule has 0 saturated carbocycles. The van der Waals surface area contributed by atoms with E-state index in [4.69, 9.17) is 4.74 Å². The van der Waals surface area contributed by atoms with Crippen molar-refractivity contribution in [1.82, 2.24) is 10.2 Å². The van der Waals surface area contributed by atoms with E-state index in [-0.39, 0.29) is 25.3 Å². The molecule has 3 rings (SSSR count). The fraction of sp³-hybridized carbons (Fsp3) is 0.588. The Hall–Kier alpha value is -1.60. The van der Waals surface area contributed by atoms with Crippen molar-refractivity contribution in [2.45, 2.75) is 31.1 Å². The van der Waals surface area contributed by atoms with E-state index >= 15 is 0 Å². The molecule has 2 aliphatic rings. The maximum atomic E-state index is 13.7. The molecule has 4 nitrogen and oxygen atoms in total. The van der Waals surface area contributed by atoms with Crippen LogP contribution in [0.15, 0.2) is 30.3 Å². The van der Waals surface area contributed by atoms with Gasteiger partial charge in [0.1, 0.15) is 5.54 Å². The van der Waals surface area contributed by atoms with Crippen molar-refractivity contribution in [3.63, 3.8) is 0 Å². The standard InChI is InChI=1S/C17H21F3N2O2/c18-17(19,20)16(21-15(23)8-14-10-24-11-14)6-7-22(12-16)9-13-4-2-1-3-5-13/h1-5,14H,6-12H2,(H,21,23). The molecule has 1 amide bonds. The third kappa shape index (κ3) is 3.72. The van der Waals surface area contributed by atoms with Crippen molar-refractivity contribution >= 4 is 5.91 Å². The lowest BCUT2D eigenvalue weighted by atomic mass is 9.96. The molecule has 0 aliphatic carbocycles. The van der Waals surface area contributed by atoms with E-state index < -0.39 is 17.6 Å². The van der Waals surface area contributed by atoms with Crippen molar-refractivity contribution < 1.29 is 22.7 Å². The van der Waals surface area contributed by atoms with Gasteiger partial charge in [-0.15, -0.1) is 0 Å². The Bertz CT molecular complexity index is 575. The minimum Gasteiger partial charge on any atom is -0.381 e. The molecule has 1 N–H and O–H groups in total. The van der Waals surface area contributed by atoms with Crippen LogP contribution in [0.3, 0.4) is 0 Å². The monoisotopic (exact) mass is 342 g/mol. The Morgan fingerprint density at radius 3 is 2.58 bits per heavy atom. The number of likely N-dealkylation sites (tertiary alicyclic amines) is 1. The molecule has 2 saturated heterocycles. The number of ether oxygens (including phenoxy) is 1. The smallest absolute Gasteiger partial charge is 0.381 e. The zero-order chi connectivity index (χ0) is 17.2. The van der Waals surface area contributed by atoms with Gasteiger partial charge in [0.2, 0.25) is 5.91 Å². The lowest BCUT2D eigenvalue weighted by Gasteiger charge is -2.34. The van der Waals surface area contributed by atoms with Crippen LogP contribution in [0.2, 0.25) is 0 Å². The van der Waals surface area contributed by atoms with E-state index in [2.05, 4.69) is 5.32 Å². The number of rotatable bonds is 5. The Labute approximate surface area is 139 Å². The highest BCUT2D eigenvalue weighted by Crippen LogP contribution is 2.38. The van der Waals surface area contributed by atoms with E-state index in [1.165, 1.54) is 0 Å². The summed E-state index contributed by atoms with van der Waals surface area (Å²) in [5, 5.41) is 2.29. The molecule has 7 heteroatoms. The number of benzene rings is 1. The molecule has 1 unspecified atom stereocenters. The molecule has 132 valence electrons. The zero-order valence-corrected chi connectivity index (χ0v) is 13.3. The van der Waals surface area contributed by atoms with E-state index in [9.17, 15) is 18.0 Å². The second-order valence-electron chi connectivity index (χ2n) is 6.68. The first-order valence-electron chi connectivity index (χ1n) is 8.10. The van der Waals surface area contributed by atoms with Crippen molar-refractivity contribution in [3.8, 4) is 0 Å². The van der Waals surface area contributed by atoms with Gasteiger partial charge < -0.3 is 10.1 Å². The van der Waals surface area contributed by atoms with Crippen LogP contribution in [0.4, 0.5) is 13.2 Å². The second-order valence-corrected chi connectivity index (χ2v) is 6.68. The number of nitrogens with zero attached hydrogens (tertiary/aromatic N) is 1. The van der Waals surface area contributed by atoms with Crippen molar-refractivity contribution in [3.05, 3.63) is 35.9 Å². The third-order valence-electron chi connectivity index (χ3n) is 4.70. The van der Waals surface area contributed by atoms with Gasteiger partial charge in [0.05, 0.1) is 13.2 Å². The summed E-state index contributed by atoms with van der Waals surface area (Å²) in [6.45, 7) is 1.45. The first kappa shape index (κ1) is 17.2. The number of carbonyl (C=O) groups excluding carboxylic acids is 1. The van der Waals surface area contributed by atoms with Gasteiger partial charge in [0, 0.05) is 32.0 Å². The number of hydrogen-bond donors (Lipinski definition) is 1. The fourth-order valence-corrected chi connectivity index (χ4v) is 3.25. The average molecular weight is 342 g/mol. The van der Waals surface area contributed by atoms with Crippen LogP contribution in [-0.2, 0) is 16.1 Å². The lowest BCUT2D eigenvalue weighted by molar-refractivity contribution is -0.195. The third-order valence-corrected chi connectivity index (χ3v) is 4.70. The molecular weight excluding hydrogens is 321 g/mol. The summed E-state index contributed by atoms with van der Waals surface area (Å²) in [5.74, 6) is -0.501. The number of hydrogen-bond acceptors (Lipinski definition) is 3.